The van der Waals surface area contributed by atoms with Crippen molar-refractivity contribution in [3.8, 4) is 55.6 Å². The highest BCUT2D eigenvalue weighted by molar-refractivity contribution is 5.98. The monoisotopic (exact) mass is 883 g/mol. The van der Waals surface area contributed by atoms with Gasteiger partial charge in [-0.05, 0) is 145 Å². The van der Waals surface area contributed by atoms with Gasteiger partial charge in [0.15, 0.2) is 0 Å². The zero-order chi connectivity index (χ0) is 45.7. The molecule has 2 bridgehead atoms. The lowest BCUT2D eigenvalue weighted by atomic mass is 9.67. The summed E-state index contributed by atoms with van der Waals surface area (Å²) in [5, 5.41) is 0. The molecule has 0 heterocycles. The Morgan fingerprint density at radius 3 is 1.45 bits per heavy atom. The molecule has 1 heteroatoms. The van der Waals surface area contributed by atoms with Crippen molar-refractivity contribution in [2.24, 2.45) is 11.8 Å². The minimum atomic E-state index is -0.530. The maximum Gasteiger partial charge on any atom is 0.0714 e. The van der Waals surface area contributed by atoms with Gasteiger partial charge in [0.05, 0.1) is 11.1 Å². The molecule has 0 radical (unpaired) electrons. The predicted molar refractivity (Wildman–Crippen MR) is 288 cm³/mol. The molecular formula is C68H53N. The predicted octanol–water partition coefficient (Wildman–Crippen LogP) is 18.1. The Balaban J connectivity index is 0.995. The van der Waals surface area contributed by atoms with E-state index >= 15 is 0 Å². The Morgan fingerprint density at radius 2 is 0.826 bits per heavy atom. The number of fused-ring (bicyclic) bond motifs is 5. The standard InChI is InChI=1S/C68H53N/c1-4-18-50(19-5-1)57-24-10-11-25-58(57)59-26-12-13-27-60(59)63-29-15-17-31-67(63)69(55-40-38-49(39-41-55)48-34-36-51(37-35-48)64-45-47-32-33-52(64)44-47)56-42-43-62-61-28-14-16-30-65(61)68(66(62)46-56,53-20-6-2-7-21-53)54-22-8-3-9-23-54/h1-31,34-43,46-47,52,64H,32-33,44-45H2. The van der Waals surface area contributed by atoms with Gasteiger partial charge in [0.25, 0.3) is 0 Å². The summed E-state index contributed by atoms with van der Waals surface area (Å²) in [6.07, 6.45) is 5.63. The Bertz CT molecular complexity index is 3410. The second-order valence-corrected chi connectivity index (χ2v) is 19.5. The smallest absolute Gasteiger partial charge is 0.0714 e. The quantitative estimate of drug-likeness (QED) is 0.132. The summed E-state index contributed by atoms with van der Waals surface area (Å²) in [6.45, 7) is 0. The third-order valence-electron chi connectivity index (χ3n) is 15.9. The molecule has 0 aromatic heterocycles. The molecule has 10 aromatic rings. The van der Waals surface area contributed by atoms with E-state index in [4.69, 9.17) is 0 Å². The lowest BCUT2D eigenvalue weighted by Crippen LogP contribution is -2.28. The number of para-hydroxylation sites is 1. The molecule has 0 N–H and O–H groups in total. The van der Waals surface area contributed by atoms with E-state index in [2.05, 4.69) is 260 Å². The lowest BCUT2D eigenvalue weighted by Gasteiger charge is -2.35. The molecule has 330 valence electrons. The minimum Gasteiger partial charge on any atom is -0.310 e. The van der Waals surface area contributed by atoms with Gasteiger partial charge in [-0.2, -0.15) is 0 Å². The molecule has 69 heavy (non-hydrogen) atoms. The fourth-order valence-corrected chi connectivity index (χ4v) is 12.8. The fourth-order valence-electron chi connectivity index (χ4n) is 12.8. The van der Waals surface area contributed by atoms with Crippen LogP contribution in [0.1, 0.15) is 59.4 Å². The van der Waals surface area contributed by atoms with E-state index in [1.54, 1.807) is 0 Å². The molecule has 13 rings (SSSR count). The highest BCUT2D eigenvalue weighted by Crippen LogP contribution is 2.58. The van der Waals surface area contributed by atoms with Crippen LogP contribution in [0.3, 0.4) is 0 Å². The Hall–Kier alpha value is -8.00. The average Bonchev–Trinajstić information content (AvgIpc) is 4.15. The normalized spacial score (nSPS) is 17.3. The molecule has 0 spiro atoms. The number of hydrogen-bond donors (Lipinski definition) is 0. The van der Waals surface area contributed by atoms with Crippen molar-refractivity contribution in [2.45, 2.75) is 37.0 Å². The van der Waals surface area contributed by atoms with Gasteiger partial charge in [0.2, 0.25) is 0 Å². The maximum absolute atomic E-state index is 2.50. The van der Waals surface area contributed by atoms with Crippen molar-refractivity contribution in [2.75, 3.05) is 4.90 Å². The molecule has 10 aromatic carbocycles. The summed E-state index contributed by atoms with van der Waals surface area (Å²) in [4.78, 5) is 2.50. The van der Waals surface area contributed by atoms with Crippen LogP contribution in [0.15, 0.2) is 255 Å². The van der Waals surface area contributed by atoms with E-state index in [0.717, 1.165) is 40.4 Å². The molecule has 2 fully saturated rings. The molecule has 0 aliphatic heterocycles. The van der Waals surface area contributed by atoms with Crippen molar-refractivity contribution in [3.63, 3.8) is 0 Å². The van der Waals surface area contributed by atoms with Crippen LogP contribution in [-0.2, 0) is 5.41 Å². The van der Waals surface area contributed by atoms with E-state index in [0.29, 0.717) is 0 Å². The molecular weight excluding hydrogens is 831 g/mol. The first-order valence-electron chi connectivity index (χ1n) is 24.9. The number of anilines is 3. The molecule has 3 aliphatic rings. The third kappa shape index (κ3) is 6.98. The van der Waals surface area contributed by atoms with Crippen LogP contribution in [0.4, 0.5) is 17.1 Å². The zero-order valence-corrected chi connectivity index (χ0v) is 38.8. The minimum absolute atomic E-state index is 0.530. The summed E-state index contributed by atoms with van der Waals surface area (Å²) >= 11 is 0. The average molecular weight is 884 g/mol. The summed E-state index contributed by atoms with van der Waals surface area (Å²) in [5.74, 6) is 2.54. The Morgan fingerprint density at radius 1 is 0.333 bits per heavy atom. The lowest BCUT2D eigenvalue weighted by molar-refractivity contribution is 0.420. The summed E-state index contributed by atoms with van der Waals surface area (Å²) in [7, 11) is 0. The van der Waals surface area contributed by atoms with Crippen molar-refractivity contribution < 1.29 is 0 Å². The van der Waals surface area contributed by atoms with Crippen LogP contribution >= 0.6 is 0 Å². The molecule has 1 nitrogen and oxygen atoms in total. The van der Waals surface area contributed by atoms with E-state index in [1.165, 1.54) is 104 Å². The Kier molecular flexibility index (Phi) is 10.3. The fraction of sp³-hybridized carbons (Fsp3) is 0.118. The number of rotatable bonds is 10. The maximum atomic E-state index is 2.50. The largest absolute Gasteiger partial charge is 0.310 e. The molecule has 0 saturated heterocycles. The van der Waals surface area contributed by atoms with E-state index in [9.17, 15) is 0 Å². The van der Waals surface area contributed by atoms with Gasteiger partial charge < -0.3 is 4.90 Å². The topological polar surface area (TPSA) is 3.24 Å². The van der Waals surface area contributed by atoms with Crippen LogP contribution in [0.2, 0.25) is 0 Å². The number of hydrogen-bond acceptors (Lipinski definition) is 1. The summed E-state index contributed by atoms with van der Waals surface area (Å²) in [5.41, 5.74) is 21.6. The second-order valence-electron chi connectivity index (χ2n) is 19.5. The highest BCUT2D eigenvalue weighted by atomic mass is 15.1. The first-order valence-corrected chi connectivity index (χ1v) is 24.9. The molecule has 3 atom stereocenters. The van der Waals surface area contributed by atoms with E-state index < -0.39 is 5.41 Å². The van der Waals surface area contributed by atoms with Crippen LogP contribution in [0.5, 0.6) is 0 Å². The van der Waals surface area contributed by atoms with Gasteiger partial charge >= 0.3 is 0 Å². The van der Waals surface area contributed by atoms with E-state index in [1.807, 2.05) is 0 Å². The van der Waals surface area contributed by atoms with Crippen molar-refractivity contribution in [3.05, 3.63) is 283 Å². The van der Waals surface area contributed by atoms with Gasteiger partial charge in [0.1, 0.15) is 0 Å². The summed E-state index contributed by atoms with van der Waals surface area (Å²) < 4.78 is 0. The van der Waals surface area contributed by atoms with Crippen LogP contribution in [-0.4, -0.2) is 0 Å². The van der Waals surface area contributed by atoms with Gasteiger partial charge in [-0.1, -0.05) is 231 Å². The first-order chi connectivity index (χ1) is 34.2. The van der Waals surface area contributed by atoms with Gasteiger partial charge in [0, 0.05) is 16.9 Å². The van der Waals surface area contributed by atoms with Crippen molar-refractivity contribution in [1.82, 2.24) is 0 Å². The molecule has 2 saturated carbocycles. The number of benzene rings is 10. The molecule has 3 unspecified atom stereocenters. The van der Waals surface area contributed by atoms with Gasteiger partial charge in [-0.3, -0.25) is 0 Å². The summed E-state index contributed by atoms with van der Waals surface area (Å²) in [6, 6.07) is 94.9. The SMILES string of the molecule is c1ccc(-c2ccccc2-c2ccccc2-c2ccccc2N(c2ccc(-c3ccc(C4CC5CCC4C5)cc3)cc2)c2ccc3c(c2)C(c2ccccc2)(c2ccccc2)c2ccccc2-3)cc1. The third-order valence-corrected chi connectivity index (χ3v) is 15.9. The van der Waals surface area contributed by atoms with Crippen LogP contribution in [0, 0.1) is 11.8 Å². The van der Waals surface area contributed by atoms with Crippen LogP contribution < -0.4 is 4.90 Å². The Labute approximate surface area is 407 Å². The van der Waals surface area contributed by atoms with Crippen molar-refractivity contribution in [1.29, 1.82) is 0 Å². The first kappa shape index (κ1) is 41.2. The highest BCUT2D eigenvalue weighted by Gasteiger charge is 2.46. The number of nitrogens with zero attached hydrogens (tertiary/aromatic N) is 1. The zero-order valence-electron chi connectivity index (χ0n) is 38.8. The molecule has 3 aliphatic carbocycles. The van der Waals surface area contributed by atoms with Crippen molar-refractivity contribution >= 4 is 17.1 Å². The molecule has 0 amide bonds. The second kappa shape index (κ2) is 17.3. The van der Waals surface area contributed by atoms with Gasteiger partial charge in [-0.15, -0.1) is 0 Å². The van der Waals surface area contributed by atoms with E-state index in [-0.39, 0.29) is 0 Å². The van der Waals surface area contributed by atoms with Crippen LogP contribution in [0.25, 0.3) is 55.6 Å². The van der Waals surface area contributed by atoms with Gasteiger partial charge in [-0.25, -0.2) is 0 Å².